The molecule has 0 aliphatic rings. The summed E-state index contributed by atoms with van der Waals surface area (Å²) >= 11 is 7.88. The third-order valence-electron chi connectivity index (χ3n) is 3.13. The molecule has 0 aliphatic heterocycles. The van der Waals surface area contributed by atoms with Crippen LogP contribution in [0.2, 0.25) is 5.02 Å². The highest BCUT2D eigenvalue weighted by Crippen LogP contribution is 2.19. The van der Waals surface area contributed by atoms with Crippen LogP contribution in [0.15, 0.2) is 12.1 Å². The minimum absolute atomic E-state index is 0.136. The van der Waals surface area contributed by atoms with Crippen LogP contribution < -0.4 is 5.32 Å². The lowest BCUT2D eigenvalue weighted by molar-refractivity contribution is 0.0736. The number of anilines is 1. The molecule has 1 amide bonds. The smallest absolute Gasteiger partial charge is 0.274 e. The molecule has 1 N–H and O–H groups in total. The zero-order valence-electron chi connectivity index (χ0n) is 12.4. The van der Waals surface area contributed by atoms with Crippen LogP contribution in [-0.2, 0) is 0 Å². The molecule has 1 rings (SSSR count). The second kappa shape index (κ2) is 8.37. The second-order valence-electron chi connectivity index (χ2n) is 4.60. The normalized spacial score (nSPS) is 12.1. The Balaban J connectivity index is 2.87. The predicted octanol–water partition coefficient (Wildman–Crippen LogP) is 3.38. The van der Waals surface area contributed by atoms with E-state index in [1.165, 1.54) is 0 Å². The maximum Gasteiger partial charge on any atom is 0.274 e. The summed E-state index contributed by atoms with van der Waals surface area (Å²) in [5.41, 5.74) is 0.309. The lowest BCUT2D eigenvalue weighted by Crippen LogP contribution is -2.36. The van der Waals surface area contributed by atoms with Crippen LogP contribution >= 0.6 is 23.4 Å². The lowest BCUT2D eigenvalue weighted by Gasteiger charge is -2.25. The van der Waals surface area contributed by atoms with Crippen molar-refractivity contribution in [2.24, 2.45) is 0 Å². The zero-order chi connectivity index (χ0) is 15.1. The first-order chi connectivity index (χ1) is 9.51. The third-order valence-corrected chi connectivity index (χ3v) is 4.08. The van der Waals surface area contributed by atoms with Gasteiger partial charge in [0.2, 0.25) is 0 Å². The van der Waals surface area contributed by atoms with Gasteiger partial charge in [-0.3, -0.25) is 4.79 Å². The van der Waals surface area contributed by atoms with Gasteiger partial charge < -0.3 is 10.2 Å². The molecule has 0 radical (unpaired) electrons. The summed E-state index contributed by atoms with van der Waals surface area (Å²) in [7, 11) is 1.80. The number of hydrogen-bond donors (Lipinski definition) is 1. The first-order valence-electron chi connectivity index (χ1n) is 6.67. The molecule has 1 atom stereocenters. The molecule has 0 fully saturated rings. The average molecular weight is 316 g/mol. The predicted molar refractivity (Wildman–Crippen MR) is 88.0 cm³/mol. The molecule has 1 aromatic heterocycles. The number of hydrogen-bond acceptors (Lipinski definition) is 4. The SMILES string of the molecule is CCNc1ccc(Cl)c(C(=O)N(C)C(C)CCSC)n1. The average Bonchev–Trinajstić information content (AvgIpc) is 2.45. The molecule has 4 nitrogen and oxygen atoms in total. The fraction of sp³-hybridized carbons (Fsp3) is 0.571. The monoisotopic (exact) mass is 315 g/mol. The van der Waals surface area contributed by atoms with Gasteiger partial charge in [0.1, 0.15) is 11.5 Å². The van der Waals surface area contributed by atoms with E-state index in [4.69, 9.17) is 11.6 Å². The molecule has 20 heavy (non-hydrogen) atoms. The van der Waals surface area contributed by atoms with E-state index in [0.29, 0.717) is 16.5 Å². The van der Waals surface area contributed by atoms with Crippen LogP contribution in [0.1, 0.15) is 30.8 Å². The molecule has 0 aromatic carbocycles. The van der Waals surface area contributed by atoms with E-state index in [1.807, 2.05) is 13.8 Å². The molecule has 6 heteroatoms. The van der Waals surface area contributed by atoms with Crippen LogP contribution in [0.4, 0.5) is 5.82 Å². The van der Waals surface area contributed by atoms with Crippen LogP contribution in [-0.4, -0.2) is 47.4 Å². The fourth-order valence-corrected chi connectivity index (χ4v) is 2.48. The molecule has 0 saturated carbocycles. The minimum Gasteiger partial charge on any atom is -0.370 e. The Kier molecular flexibility index (Phi) is 7.16. The highest BCUT2D eigenvalue weighted by molar-refractivity contribution is 7.98. The summed E-state index contributed by atoms with van der Waals surface area (Å²) in [6.45, 7) is 4.77. The number of amides is 1. The Morgan fingerprint density at radius 3 is 2.85 bits per heavy atom. The van der Waals surface area contributed by atoms with E-state index in [0.717, 1.165) is 18.7 Å². The molecule has 0 bridgehead atoms. The van der Waals surface area contributed by atoms with Gasteiger partial charge in [-0.15, -0.1) is 0 Å². The van der Waals surface area contributed by atoms with Gasteiger partial charge in [-0.2, -0.15) is 11.8 Å². The van der Waals surface area contributed by atoms with E-state index < -0.39 is 0 Å². The van der Waals surface area contributed by atoms with Crippen molar-refractivity contribution in [2.75, 3.05) is 30.9 Å². The summed E-state index contributed by atoms with van der Waals surface area (Å²) in [6, 6.07) is 3.65. The second-order valence-corrected chi connectivity index (χ2v) is 6.00. The standard InChI is InChI=1S/C14H22ClN3OS/c1-5-16-12-7-6-11(15)13(17-12)14(19)18(3)10(2)8-9-20-4/h6-7,10H,5,8-9H2,1-4H3,(H,16,17). The Morgan fingerprint density at radius 2 is 2.25 bits per heavy atom. The number of nitrogens with zero attached hydrogens (tertiary/aromatic N) is 2. The van der Waals surface area contributed by atoms with Crippen LogP contribution in [0.25, 0.3) is 0 Å². The molecule has 0 spiro atoms. The van der Waals surface area contributed by atoms with E-state index in [9.17, 15) is 4.79 Å². The molecule has 1 aromatic rings. The van der Waals surface area contributed by atoms with E-state index in [1.54, 1.807) is 35.8 Å². The molecule has 0 saturated heterocycles. The summed E-state index contributed by atoms with van der Waals surface area (Å²) in [4.78, 5) is 18.5. The van der Waals surface area contributed by atoms with Crippen molar-refractivity contribution < 1.29 is 4.79 Å². The van der Waals surface area contributed by atoms with Crippen molar-refractivity contribution in [3.8, 4) is 0 Å². The van der Waals surface area contributed by atoms with Crippen molar-refractivity contribution >= 4 is 35.1 Å². The lowest BCUT2D eigenvalue weighted by atomic mass is 10.2. The van der Waals surface area contributed by atoms with Gasteiger partial charge >= 0.3 is 0 Å². The van der Waals surface area contributed by atoms with Crippen LogP contribution in [0.3, 0.4) is 0 Å². The summed E-state index contributed by atoms with van der Waals surface area (Å²) in [6.07, 6.45) is 3.01. The van der Waals surface area contributed by atoms with Gasteiger partial charge in [0.25, 0.3) is 5.91 Å². The Morgan fingerprint density at radius 1 is 1.55 bits per heavy atom. The van der Waals surface area contributed by atoms with Crippen LogP contribution in [0.5, 0.6) is 0 Å². The fourth-order valence-electron chi connectivity index (χ4n) is 1.72. The number of rotatable bonds is 7. The number of halogens is 1. The van der Waals surface area contributed by atoms with Gasteiger partial charge in [0, 0.05) is 19.6 Å². The molecule has 1 unspecified atom stereocenters. The molecule has 112 valence electrons. The maximum atomic E-state index is 12.5. The third kappa shape index (κ3) is 4.56. The Hall–Kier alpha value is -0.940. The van der Waals surface area contributed by atoms with Gasteiger partial charge in [0.05, 0.1) is 5.02 Å². The summed E-state index contributed by atoms with van der Waals surface area (Å²) in [5.74, 6) is 1.56. The molecule has 1 heterocycles. The van der Waals surface area contributed by atoms with E-state index in [2.05, 4.69) is 16.6 Å². The van der Waals surface area contributed by atoms with Gasteiger partial charge in [0.15, 0.2) is 0 Å². The highest BCUT2D eigenvalue weighted by atomic mass is 35.5. The van der Waals surface area contributed by atoms with Crippen molar-refractivity contribution in [1.82, 2.24) is 9.88 Å². The Labute approximate surface area is 130 Å². The van der Waals surface area contributed by atoms with E-state index >= 15 is 0 Å². The summed E-state index contributed by atoms with van der Waals surface area (Å²) < 4.78 is 0. The number of aromatic nitrogens is 1. The number of thioether (sulfide) groups is 1. The van der Waals surface area contributed by atoms with E-state index in [-0.39, 0.29) is 11.9 Å². The molecular weight excluding hydrogens is 294 g/mol. The molecule has 0 aliphatic carbocycles. The minimum atomic E-state index is -0.136. The largest absolute Gasteiger partial charge is 0.370 e. The number of carbonyl (C=O) groups excluding carboxylic acids is 1. The molecular formula is C14H22ClN3OS. The van der Waals surface area contributed by atoms with Gasteiger partial charge in [-0.25, -0.2) is 4.98 Å². The quantitative estimate of drug-likeness (QED) is 0.838. The zero-order valence-corrected chi connectivity index (χ0v) is 14.0. The first-order valence-corrected chi connectivity index (χ1v) is 8.45. The van der Waals surface area contributed by atoms with Crippen molar-refractivity contribution in [1.29, 1.82) is 0 Å². The highest BCUT2D eigenvalue weighted by Gasteiger charge is 2.21. The number of pyridine rings is 1. The first kappa shape index (κ1) is 17.1. The van der Waals surface area contributed by atoms with Crippen molar-refractivity contribution in [3.05, 3.63) is 22.8 Å². The van der Waals surface area contributed by atoms with Gasteiger partial charge in [-0.05, 0) is 44.4 Å². The summed E-state index contributed by atoms with van der Waals surface area (Å²) in [5, 5.41) is 3.48. The Bertz CT molecular complexity index is 456. The van der Waals surface area contributed by atoms with Crippen molar-refractivity contribution in [2.45, 2.75) is 26.3 Å². The van der Waals surface area contributed by atoms with Crippen molar-refractivity contribution in [3.63, 3.8) is 0 Å². The van der Waals surface area contributed by atoms with Gasteiger partial charge in [-0.1, -0.05) is 11.6 Å². The number of carbonyl (C=O) groups is 1. The maximum absolute atomic E-state index is 12.5. The topological polar surface area (TPSA) is 45.2 Å². The number of nitrogens with one attached hydrogen (secondary N) is 1. The van der Waals surface area contributed by atoms with Crippen LogP contribution in [0, 0.1) is 0 Å².